The molecule has 0 aromatic carbocycles. The van der Waals surface area contributed by atoms with Crippen LogP contribution in [0.3, 0.4) is 0 Å². The van der Waals surface area contributed by atoms with Gasteiger partial charge in [-0.05, 0) is 33.6 Å². The van der Waals surface area contributed by atoms with Gasteiger partial charge in [-0.15, -0.1) is 0 Å². The van der Waals surface area contributed by atoms with E-state index in [-0.39, 0.29) is 5.41 Å². The van der Waals surface area contributed by atoms with Crippen LogP contribution in [0.1, 0.15) is 40.5 Å². The molecule has 0 radical (unpaired) electrons. The zero-order chi connectivity index (χ0) is 12.7. The van der Waals surface area contributed by atoms with Gasteiger partial charge >= 0.3 is 0 Å². The molecule has 0 spiro atoms. The summed E-state index contributed by atoms with van der Waals surface area (Å²) in [6.07, 6.45) is 6.75. The van der Waals surface area contributed by atoms with Crippen LogP contribution < -0.4 is 0 Å². The van der Waals surface area contributed by atoms with E-state index in [1.807, 2.05) is 0 Å². The van der Waals surface area contributed by atoms with Crippen LogP contribution in [0.25, 0.3) is 0 Å². The maximum atomic E-state index is 5.67. The maximum Gasteiger partial charge on any atom is 0.0650 e. The summed E-state index contributed by atoms with van der Waals surface area (Å²) in [5.74, 6) is 0. The smallest absolute Gasteiger partial charge is 0.0650 e. The highest BCUT2D eigenvalue weighted by Crippen LogP contribution is 2.26. The van der Waals surface area contributed by atoms with Crippen molar-refractivity contribution < 1.29 is 9.47 Å². The van der Waals surface area contributed by atoms with Crippen LogP contribution in [0.15, 0.2) is 23.3 Å². The first-order chi connectivity index (χ1) is 8.02. The molecule has 1 fully saturated rings. The van der Waals surface area contributed by atoms with Crippen LogP contribution >= 0.6 is 0 Å². The van der Waals surface area contributed by atoms with Gasteiger partial charge in [-0.25, -0.2) is 0 Å². The minimum atomic E-state index is 0.268. The summed E-state index contributed by atoms with van der Waals surface area (Å²) in [7, 11) is 0. The Morgan fingerprint density at radius 1 is 1.24 bits per heavy atom. The van der Waals surface area contributed by atoms with Crippen LogP contribution in [0.5, 0.6) is 0 Å². The third-order valence-corrected chi connectivity index (χ3v) is 2.99. The molecule has 0 aromatic rings. The minimum Gasteiger partial charge on any atom is -0.380 e. The molecule has 1 rings (SSSR count). The van der Waals surface area contributed by atoms with Gasteiger partial charge in [0.2, 0.25) is 0 Å². The first-order valence-corrected chi connectivity index (χ1v) is 6.46. The van der Waals surface area contributed by atoms with Gasteiger partial charge in [-0.2, -0.15) is 0 Å². The molecule has 1 aliphatic heterocycles. The van der Waals surface area contributed by atoms with E-state index in [4.69, 9.17) is 9.47 Å². The predicted octanol–water partition coefficient (Wildman–Crippen LogP) is 3.73. The first kappa shape index (κ1) is 14.5. The lowest BCUT2D eigenvalue weighted by Gasteiger charge is -2.37. The van der Waals surface area contributed by atoms with Crippen molar-refractivity contribution in [3.05, 3.63) is 23.3 Å². The van der Waals surface area contributed by atoms with E-state index >= 15 is 0 Å². The van der Waals surface area contributed by atoms with Gasteiger partial charge in [0.05, 0.1) is 26.4 Å². The Morgan fingerprint density at radius 2 is 1.94 bits per heavy atom. The molecule has 0 aromatic heterocycles. The van der Waals surface area contributed by atoms with E-state index in [1.54, 1.807) is 0 Å². The molecule has 0 N–H and O–H groups in total. The highest BCUT2D eigenvalue weighted by atomic mass is 16.5. The van der Waals surface area contributed by atoms with E-state index in [9.17, 15) is 0 Å². The summed E-state index contributed by atoms with van der Waals surface area (Å²) >= 11 is 0. The Kier molecular flexibility index (Phi) is 5.93. The average Bonchev–Trinajstić information content (AvgIpc) is 2.21. The van der Waals surface area contributed by atoms with Gasteiger partial charge in [0, 0.05) is 5.41 Å². The second-order valence-corrected chi connectivity index (χ2v) is 5.69. The number of ether oxygens (including phenoxy) is 2. The first-order valence-electron chi connectivity index (χ1n) is 6.46. The topological polar surface area (TPSA) is 18.5 Å². The fraction of sp³-hybridized carbons (Fsp3) is 0.733. The zero-order valence-electron chi connectivity index (χ0n) is 11.7. The maximum absolute atomic E-state index is 5.67. The molecule has 1 aliphatic rings. The van der Waals surface area contributed by atoms with E-state index < -0.39 is 0 Å². The average molecular weight is 238 g/mol. The van der Waals surface area contributed by atoms with Crippen LogP contribution in [0.2, 0.25) is 0 Å². The lowest BCUT2D eigenvalue weighted by atomic mass is 9.90. The second kappa shape index (κ2) is 6.97. The highest BCUT2D eigenvalue weighted by molar-refractivity contribution is 5.02. The van der Waals surface area contributed by atoms with E-state index in [0.717, 1.165) is 39.3 Å². The Labute approximate surface area is 106 Å². The largest absolute Gasteiger partial charge is 0.380 e. The molecule has 1 heterocycles. The van der Waals surface area contributed by atoms with Crippen molar-refractivity contribution in [2.75, 3.05) is 26.4 Å². The molecule has 2 heteroatoms. The van der Waals surface area contributed by atoms with Gasteiger partial charge in [0.1, 0.15) is 0 Å². The van der Waals surface area contributed by atoms with Crippen LogP contribution in [0.4, 0.5) is 0 Å². The molecule has 0 unspecified atom stereocenters. The van der Waals surface area contributed by atoms with Crippen molar-refractivity contribution in [1.29, 1.82) is 0 Å². The van der Waals surface area contributed by atoms with Gasteiger partial charge in [0.25, 0.3) is 0 Å². The summed E-state index contributed by atoms with van der Waals surface area (Å²) in [6.45, 7) is 11.9. The minimum absolute atomic E-state index is 0.268. The monoisotopic (exact) mass is 238 g/mol. The molecule has 0 atom stereocenters. The lowest BCUT2D eigenvalue weighted by Crippen LogP contribution is -2.43. The van der Waals surface area contributed by atoms with Crippen LogP contribution in [-0.4, -0.2) is 26.4 Å². The predicted molar refractivity (Wildman–Crippen MR) is 72.2 cm³/mol. The van der Waals surface area contributed by atoms with E-state index in [1.165, 1.54) is 11.1 Å². The summed E-state index contributed by atoms with van der Waals surface area (Å²) < 4.78 is 10.9. The number of rotatable bonds is 7. The summed E-state index contributed by atoms with van der Waals surface area (Å²) in [4.78, 5) is 0. The molecule has 2 nitrogen and oxygen atoms in total. The number of hydrogen-bond donors (Lipinski definition) is 0. The molecular weight excluding hydrogens is 212 g/mol. The third-order valence-electron chi connectivity index (χ3n) is 2.99. The summed E-state index contributed by atoms with van der Waals surface area (Å²) in [5, 5.41) is 0. The third kappa shape index (κ3) is 6.04. The van der Waals surface area contributed by atoms with Gasteiger partial charge in [-0.1, -0.05) is 30.2 Å². The highest BCUT2D eigenvalue weighted by Gasteiger charge is 2.33. The molecule has 0 aliphatic carbocycles. The fourth-order valence-electron chi connectivity index (χ4n) is 1.73. The molecule has 0 amide bonds. The lowest BCUT2D eigenvalue weighted by molar-refractivity contribution is -0.135. The standard InChI is InChI=1S/C15H26O2/c1-13(2)6-5-7-14(3)8-9-16-10-15(4)11-17-12-15/h6,8H,5,7,9-12H2,1-4H3/b14-8+. The van der Waals surface area contributed by atoms with Gasteiger partial charge in [-0.3, -0.25) is 0 Å². The van der Waals surface area contributed by atoms with Crippen molar-refractivity contribution in [2.24, 2.45) is 5.41 Å². The van der Waals surface area contributed by atoms with Crippen molar-refractivity contribution in [1.82, 2.24) is 0 Å². The Hall–Kier alpha value is -0.600. The van der Waals surface area contributed by atoms with Gasteiger partial charge < -0.3 is 9.47 Å². The quantitative estimate of drug-likeness (QED) is 0.497. The normalized spacial score (nSPS) is 18.7. The van der Waals surface area contributed by atoms with Crippen LogP contribution in [0, 0.1) is 5.41 Å². The van der Waals surface area contributed by atoms with Gasteiger partial charge in [0.15, 0.2) is 0 Å². The van der Waals surface area contributed by atoms with Crippen LogP contribution in [-0.2, 0) is 9.47 Å². The van der Waals surface area contributed by atoms with Crippen molar-refractivity contribution in [3.8, 4) is 0 Å². The molecule has 0 bridgehead atoms. The molecule has 17 heavy (non-hydrogen) atoms. The second-order valence-electron chi connectivity index (χ2n) is 5.69. The Morgan fingerprint density at radius 3 is 2.47 bits per heavy atom. The summed E-state index contributed by atoms with van der Waals surface area (Å²) in [6, 6.07) is 0. The SMILES string of the molecule is CC(C)=CCC/C(C)=C/COCC1(C)COC1. The van der Waals surface area contributed by atoms with E-state index in [2.05, 4.69) is 39.8 Å². The molecular formula is C15H26O2. The zero-order valence-corrected chi connectivity index (χ0v) is 11.7. The van der Waals surface area contributed by atoms with Crippen molar-refractivity contribution in [2.45, 2.75) is 40.5 Å². The summed E-state index contributed by atoms with van der Waals surface area (Å²) in [5.41, 5.74) is 3.08. The van der Waals surface area contributed by atoms with Crippen molar-refractivity contribution in [3.63, 3.8) is 0 Å². The number of hydrogen-bond acceptors (Lipinski definition) is 2. The molecule has 0 saturated carbocycles. The number of allylic oxidation sites excluding steroid dienone is 3. The van der Waals surface area contributed by atoms with E-state index in [0.29, 0.717) is 0 Å². The molecule has 1 saturated heterocycles. The molecule has 98 valence electrons. The Bertz CT molecular complexity index is 281. The fourth-order valence-corrected chi connectivity index (χ4v) is 1.73. The van der Waals surface area contributed by atoms with Crippen molar-refractivity contribution >= 4 is 0 Å². The Balaban J connectivity index is 2.08.